The Hall–Kier alpha value is -3.14. The number of hydrogen-bond acceptors (Lipinski definition) is 7. The van der Waals surface area contributed by atoms with Gasteiger partial charge in [-0.05, 0) is 74.2 Å². The molecule has 1 aliphatic carbocycles. The van der Waals surface area contributed by atoms with E-state index >= 15 is 0 Å². The Morgan fingerprint density at radius 2 is 2.05 bits per heavy atom. The molecule has 1 N–H and O–H groups in total. The molecule has 3 heterocycles. The molecule has 8 nitrogen and oxygen atoms in total. The molecule has 2 aromatic heterocycles. The molecule has 0 unspecified atom stereocenters. The fourth-order valence-corrected chi connectivity index (χ4v) is 5.34. The van der Waals surface area contributed by atoms with Crippen LogP contribution in [0.1, 0.15) is 40.9 Å². The van der Waals surface area contributed by atoms with Crippen LogP contribution in [-0.4, -0.2) is 48.3 Å². The number of cyclic esters (lactones) is 1. The first-order chi connectivity index (χ1) is 17.9. The molecule has 1 amide bonds. The Labute approximate surface area is 223 Å². The number of benzene rings is 1. The van der Waals surface area contributed by atoms with Crippen LogP contribution in [0.4, 0.5) is 10.5 Å². The summed E-state index contributed by atoms with van der Waals surface area (Å²) in [5.41, 5.74) is 1.98. The molecule has 1 aromatic carbocycles. The quantitative estimate of drug-likeness (QED) is 0.272. The number of nitrogens with zero attached hydrogens (tertiary/aromatic N) is 2. The van der Waals surface area contributed by atoms with E-state index < -0.39 is 6.09 Å². The van der Waals surface area contributed by atoms with Crippen molar-refractivity contribution in [3.8, 4) is 11.4 Å². The highest BCUT2D eigenvalue weighted by Crippen LogP contribution is 2.28. The van der Waals surface area contributed by atoms with Crippen LogP contribution in [0.25, 0.3) is 5.69 Å². The van der Waals surface area contributed by atoms with Gasteiger partial charge in [0.05, 0.1) is 21.4 Å². The summed E-state index contributed by atoms with van der Waals surface area (Å²) in [5, 5.41) is 3.37. The molecular weight excluding hydrogens is 514 g/mol. The number of nitrogens with one attached hydrogen (secondary N) is 1. The van der Waals surface area contributed by atoms with E-state index in [-0.39, 0.29) is 23.9 Å². The van der Waals surface area contributed by atoms with E-state index in [9.17, 15) is 14.4 Å². The molecule has 37 heavy (non-hydrogen) atoms. The molecule has 194 valence electrons. The predicted molar refractivity (Wildman–Crippen MR) is 144 cm³/mol. The third-order valence-electron chi connectivity index (χ3n) is 6.45. The van der Waals surface area contributed by atoms with Gasteiger partial charge in [0.25, 0.3) is 5.56 Å². The fraction of sp³-hybridized carbons (Fsp3) is 0.370. The summed E-state index contributed by atoms with van der Waals surface area (Å²) in [4.78, 5) is 40.1. The number of anilines is 1. The predicted octanol–water partition coefficient (Wildman–Crippen LogP) is 4.98. The zero-order valence-electron chi connectivity index (χ0n) is 20.4. The first kappa shape index (κ1) is 25.5. The number of aromatic nitrogens is 1. The third kappa shape index (κ3) is 6.06. The van der Waals surface area contributed by atoms with Crippen LogP contribution in [0.5, 0.6) is 5.75 Å². The second-order valence-corrected chi connectivity index (χ2v) is 11.0. The van der Waals surface area contributed by atoms with E-state index in [1.54, 1.807) is 46.0 Å². The number of hydrogen-bond donors (Lipinski definition) is 1. The number of ether oxygens (including phenoxy) is 2. The van der Waals surface area contributed by atoms with Gasteiger partial charge in [0.1, 0.15) is 12.7 Å². The number of pyridine rings is 1. The average molecular weight is 542 g/mol. The van der Waals surface area contributed by atoms with Crippen molar-refractivity contribution < 1.29 is 19.1 Å². The number of carbonyl (C=O) groups is 2. The van der Waals surface area contributed by atoms with Crippen LogP contribution in [-0.2, 0) is 4.74 Å². The number of ketones is 1. The third-order valence-corrected chi connectivity index (χ3v) is 7.72. The van der Waals surface area contributed by atoms with Crippen LogP contribution in [0.15, 0.2) is 53.5 Å². The van der Waals surface area contributed by atoms with Gasteiger partial charge in [-0.3, -0.25) is 19.1 Å². The van der Waals surface area contributed by atoms with Crippen molar-refractivity contribution in [2.75, 3.05) is 24.6 Å². The van der Waals surface area contributed by atoms with Crippen molar-refractivity contribution in [1.82, 2.24) is 9.88 Å². The lowest BCUT2D eigenvalue weighted by Crippen LogP contribution is -2.26. The molecule has 3 aromatic rings. The minimum absolute atomic E-state index is 0.0116. The molecule has 2 fully saturated rings. The van der Waals surface area contributed by atoms with Crippen molar-refractivity contribution >= 4 is 40.5 Å². The van der Waals surface area contributed by atoms with Crippen LogP contribution in [0.2, 0.25) is 4.34 Å². The SMILES string of the molecule is Cc1cc(N2C[C@H](CCC(=O)c3ccc(Cl)s3)OC2=O)ccc1-n1cccc(OCCNC2CC2)c1=O. The van der Waals surface area contributed by atoms with Crippen LogP contribution in [0, 0.1) is 6.92 Å². The Morgan fingerprint density at radius 1 is 1.22 bits per heavy atom. The first-order valence-corrected chi connectivity index (χ1v) is 13.5. The molecule has 0 bridgehead atoms. The maximum atomic E-state index is 13.0. The maximum absolute atomic E-state index is 13.0. The molecule has 10 heteroatoms. The van der Waals surface area contributed by atoms with Crippen molar-refractivity contribution in [1.29, 1.82) is 0 Å². The number of amides is 1. The van der Waals surface area contributed by atoms with E-state index in [0.717, 1.165) is 5.56 Å². The fourth-order valence-electron chi connectivity index (χ4n) is 4.33. The van der Waals surface area contributed by atoms with Crippen LogP contribution >= 0.6 is 22.9 Å². The average Bonchev–Trinajstić information content (AvgIpc) is 3.48. The number of carbonyl (C=O) groups excluding carboxylic acids is 2. The number of aryl methyl sites for hydroxylation is 1. The minimum atomic E-state index is -0.448. The topological polar surface area (TPSA) is 89.9 Å². The second kappa shape index (κ2) is 11.1. The summed E-state index contributed by atoms with van der Waals surface area (Å²) < 4.78 is 13.4. The first-order valence-electron chi connectivity index (χ1n) is 12.3. The number of thiophene rings is 1. The number of Topliss-reactive ketones (excluding diaryl/α,β-unsaturated/α-hetero) is 1. The van der Waals surface area contributed by atoms with Gasteiger partial charge >= 0.3 is 6.09 Å². The summed E-state index contributed by atoms with van der Waals surface area (Å²) in [6, 6.07) is 12.9. The second-order valence-electron chi connectivity index (χ2n) is 9.28. The van der Waals surface area contributed by atoms with Gasteiger partial charge in [-0.2, -0.15) is 0 Å². The maximum Gasteiger partial charge on any atom is 0.414 e. The van der Waals surface area contributed by atoms with E-state index in [1.165, 1.54) is 24.2 Å². The molecule has 2 aliphatic rings. The van der Waals surface area contributed by atoms with Gasteiger partial charge in [-0.25, -0.2) is 4.79 Å². The molecule has 1 atom stereocenters. The van der Waals surface area contributed by atoms with Gasteiger partial charge in [0.2, 0.25) is 0 Å². The van der Waals surface area contributed by atoms with E-state index in [2.05, 4.69) is 5.32 Å². The molecule has 1 aliphatic heterocycles. The number of halogens is 1. The van der Waals surface area contributed by atoms with E-state index in [4.69, 9.17) is 21.1 Å². The zero-order chi connectivity index (χ0) is 25.9. The minimum Gasteiger partial charge on any atom is -0.487 e. The molecule has 1 saturated heterocycles. The molecule has 1 saturated carbocycles. The summed E-state index contributed by atoms with van der Waals surface area (Å²) >= 11 is 7.17. The summed E-state index contributed by atoms with van der Waals surface area (Å²) in [7, 11) is 0. The van der Waals surface area contributed by atoms with Crippen molar-refractivity contribution in [2.45, 2.75) is 44.8 Å². The van der Waals surface area contributed by atoms with Gasteiger partial charge in [0.15, 0.2) is 11.5 Å². The summed E-state index contributed by atoms with van der Waals surface area (Å²) in [6.45, 7) is 3.38. The molecule has 0 radical (unpaired) electrons. The molecular formula is C27H28ClN3O5S. The highest BCUT2D eigenvalue weighted by Gasteiger charge is 2.33. The molecule has 0 spiro atoms. The Morgan fingerprint density at radius 3 is 2.78 bits per heavy atom. The van der Waals surface area contributed by atoms with Crippen molar-refractivity contribution in [3.63, 3.8) is 0 Å². The Bertz CT molecular complexity index is 1370. The lowest BCUT2D eigenvalue weighted by Gasteiger charge is -2.17. The van der Waals surface area contributed by atoms with Crippen molar-refractivity contribution in [3.05, 3.63) is 73.8 Å². The van der Waals surface area contributed by atoms with Gasteiger partial charge < -0.3 is 14.8 Å². The zero-order valence-corrected chi connectivity index (χ0v) is 22.0. The van der Waals surface area contributed by atoms with Crippen LogP contribution in [0.3, 0.4) is 0 Å². The highest BCUT2D eigenvalue weighted by atomic mass is 35.5. The van der Waals surface area contributed by atoms with Gasteiger partial charge in [-0.15, -0.1) is 11.3 Å². The number of rotatable bonds is 11. The lowest BCUT2D eigenvalue weighted by atomic mass is 10.1. The van der Waals surface area contributed by atoms with Gasteiger partial charge in [0, 0.05) is 30.9 Å². The smallest absolute Gasteiger partial charge is 0.414 e. The standard InChI is InChI=1S/C27H28ClN3O5S/c1-17-15-19(31-16-20(36-27(31)34)7-9-22(32)24-10-11-25(28)37-24)6-8-21(17)30-13-2-3-23(26(30)33)35-14-12-29-18-4-5-18/h2-3,6,8,10-11,13,15,18,20,29H,4-5,7,9,12,14,16H2,1H3/t20-/m0/s1. The Kier molecular flexibility index (Phi) is 7.64. The lowest BCUT2D eigenvalue weighted by molar-refractivity contribution is 0.0943. The normalized spacial score (nSPS) is 17.2. The van der Waals surface area contributed by atoms with Gasteiger partial charge in [-0.1, -0.05) is 11.6 Å². The van der Waals surface area contributed by atoms with E-state index in [1.807, 2.05) is 19.1 Å². The monoisotopic (exact) mass is 541 g/mol. The Balaban J connectivity index is 1.22. The van der Waals surface area contributed by atoms with E-state index in [0.29, 0.717) is 58.5 Å². The molecule has 5 rings (SSSR count). The summed E-state index contributed by atoms with van der Waals surface area (Å²) in [5.74, 6) is 0.288. The summed E-state index contributed by atoms with van der Waals surface area (Å²) in [6.07, 6.45) is 4.00. The van der Waals surface area contributed by atoms with Crippen LogP contribution < -0.4 is 20.5 Å². The largest absolute Gasteiger partial charge is 0.487 e. The van der Waals surface area contributed by atoms with Crippen molar-refractivity contribution in [2.24, 2.45) is 0 Å². The highest BCUT2D eigenvalue weighted by molar-refractivity contribution is 7.18.